The van der Waals surface area contributed by atoms with E-state index >= 15 is 0 Å². The van der Waals surface area contributed by atoms with Crippen molar-refractivity contribution in [2.24, 2.45) is 0 Å². The molecular formula is C28H30N2O4. The molecule has 0 saturated heterocycles. The summed E-state index contributed by atoms with van der Waals surface area (Å²) < 4.78 is 24.1. The van der Waals surface area contributed by atoms with Crippen molar-refractivity contribution in [3.05, 3.63) is 77.9 Å². The Labute approximate surface area is 200 Å². The molecule has 0 aliphatic rings. The molecule has 6 heteroatoms. The first kappa shape index (κ1) is 23.2. The maximum atomic E-state index is 5.59. The second kappa shape index (κ2) is 10.3. The number of aromatic nitrogens is 2. The smallest absolute Gasteiger partial charge is 0.161 e. The largest absolute Gasteiger partial charge is 0.493 e. The second-order valence-corrected chi connectivity index (χ2v) is 7.81. The zero-order valence-corrected chi connectivity index (χ0v) is 20.3. The molecule has 0 unspecified atom stereocenters. The molecule has 0 aliphatic carbocycles. The second-order valence-electron chi connectivity index (χ2n) is 7.81. The Kier molecular flexibility index (Phi) is 7.07. The Morgan fingerprint density at radius 3 is 1.79 bits per heavy atom. The molecule has 0 amide bonds. The highest BCUT2D eigenvalue weighted by Crippen LogP contribution is 2.39. The van der Waals surface area contributed by atoms with Crippen molar-refractivity contribution < 1.29 is 18.9 Å². The molecule has 0 spiro atoms. The van der Waals surface area contributed by atoms with E-state index in [-0.39, 0.29) is 0 Å². The molecule has 176 valence electrons. The average Bonchev–Trinajstić information content (AvgIpc) is 3.26. The lowest BCUT2D eigenvalue weighted by Gasteiger charge is -2.13. The Balaban J connectivity index is 1.93. The third-order valence-corrected chi connectivity index (χ3v) is 5.89. The van der Waals surface area contributed by atoms with Crippen LogP contribution in [0.25, 0.3) is 22.5 Å². The first-order chi connectivity index (χ1) is 16.6. The van der Waals surface area contributed by atoms with E-state index in [2.05, 4.69) is 29.8 Å². The molecule has 1 aromatic heterocycles. The lowest BCUT2D eigenvalue weighted by Crippen LogP contribution is -2.05. The number of ether oxygens (including phenoxy) is 4. The maximum Gasteiger partial charge on any atom is 0.161 e. The van der Waals surface area contributed by atoms with Crippen molar-refractivity contribution in [2.75, 3.05) is 28.4 Å². The molecule has 3 aromatic carbocycles. The van der Waals surface area contributed by atoms with Crippen LogP contribution in [0.15, 0.2) is 66.7 Å². The third kappa shape index (κ3) is 4.44. The van der Waals surface area contributed by atoms with Gasteiger partial charge in [-0.25, -0.2) is 0 Å². The van der Waals surface area contributed by atoms with Crippen molar-refractivity contribution in [1.29, 1.82) is 0 Å². The molecule has 4 aromatic rings. The zero-order chi connectivity index (χ0) is 24.1. The van der Waals surface area contributed by atoms with Crippen molar-refractivity contribution in [3.63, 3.8) is 0 Å². The van der Waals surface area contributed by atoms with Crippen LogP contribution in [0.2, 0.25) is 0 Å². The molecule has 34 heavy (non-hydrogen) atoms. The van der Waals surface area contributed by atoms with Gasteiger partial charge in [0.15, 0.2) is 23.0 Å². The monoisotopic (exact) mass is 458 g/mol. The first-order valence-corrected chi connectivity index (χ1v) is 11.2. The lowest BCUT2D eigenvalue weighted by atomic mass is 9.99. The van der Waals surface area contributed by atoms with Gasteiger partial charge in [-0.2, -0.15) is 5.10 Å². The van der Waals surface area contributed by atoms with E-state index in [1.807, 2.05) is 48.5 Å². The molecule has 0 fully saturated rings. The van der Waals surface area contributed by atoms with E-state index in [0.717, 1.165) is 34.5 Å². The summed E-state index contributed by atoms with van der Waals surface area (Å²) >= 11 is 0. The molecule has 0 atom stereocenters. The zero-order valence-electron chi connectivity index (χ0n) is 20.3. The fourth-order valence-electron chi connectivity index (χ4n) is 4.23. The summed E-state index contributed by atoms with van der Waals surface area (Å²) in [4.78, 5) is 0. The summed E-state index contributed by atoms with van der Waals surface area (Å²) in [6.07, 6.45) is 0.808. The predicted octanol–water partition coefficient (Wildman–Crippen LogP) is 5.86. The molecular weight excluding hydrogens is 428 g/mol. The van der Waals surface area contributed by atoms with Crippen LogP contribution >= 0.6 is 0 Å². The first-order valence-electron chi connectivity index (χ1n) is 11.2. The minimum Gasteiger partial charge on any atom is -0.493 e. The van der Waals surface area contributed by atoms with Crippen LogP contribution in [0.5, 0.6) is 23.0 Å². The number of rotatable bonds is 9. The van der Waals surface area contributed by atoms with Crippen LogP contribution < -0.4 is 18.9 Å². The van der Waals surface area contributed by atoms with Crippen LogP contribution in [0.1, 0.15) is 18.1 Å². The van der Waals surface area contributed by atoms with E-state index in [1.165, 1.54) is 5.56 Å². The fraction of sp³-hybridized carbons (Fsp3) is 0.250. The van der Waals surface area contributed by atoms with E-state index in [0.29, 0.717) is 29.5 Å². The van der Waals surface area contributed by atoms with Crippen LogP contribution in [0.3, 0.4) is 0 Å². The van der Waals surface area contributed by atoms with Gasteiger partial charge in [-0.15, -0.1) is 0 Å². The molecule has 1 heterocycles. The van der Waals surface area contributed by atoms with Gasteiger partial charge < -0.3 is 18.9 Å². The van der Waals surface area contributed by atoms with Gasteiger partial charge in [-0.1, -0.05) is 37.3 Å². The van der Waals surface area contributed by atoms with Gasteiger partial charge in [0.1, 0.15) is 0 Å². The minimum atomic E-state index is 0.644. The number of methoxy groups -OCH3 is 4. The van der Waals surface area contributed by atoms with Gasteiger partial charge in [0, 0.05) is 16.7 Å². The number of nitrogens with zero attached hydrogens (tertiary/aromatic N) is 2. The van der Waals surface area contributed by atoms with E-state index in [1.54, 1.807) is 28.4 Å². The van der Waals surface area contributed by atoms with Gasteiger partial charge >= 0.3 is 0 Å². The topological polar surface area (TPSA) is 54.7 Å². The molecule has 0 radical (unpaired) electrons. The summed E-state index contributed by atoms with van der Waals surface area (Å²) in [6, 6.07) is 22.3. The van der Waals surface area contributed by atoms with Gasteiger partial charge in [-0.3, -0.25) is 4.68 Å². The van der Waals surface area contributed by atoms with Crippen molar-refractivity contribution in [2.45, 2.75) is 19.9 Å². The summed E-state index contributed by atoms with van der Waals surface area (Å²) in [5.41, 5.74) is 6.29. The lowest BCUT2D eigenvalue weighted by molar-refractivity contribution is 0.355. The Bertz CT molecular complexity index is 1270. The SMILES string of the molecule is CCc1c(-c2ccc(OC)c(OC)c2)nn(Cc2ccccc2)c1-c1ccc(OC)c(OC)c1. The summed E-state index contributed by atoms with van der Waals surface area (Å²) in [5, 5.41) is 5.10. The average molecular weight is 459 g/mol. The van der Waals surface area contributed by atoms with Gasteiger partial charge in [0.2, 0.25) is 0 Å². The Morgan fingerprint density at radius 1 is 0.676 bits per heavy atom. The normalized spacial score (nSPS) is 10.7. The van der Waals surface area contributed by atoms with Crippen molar-refractivity contribution >= 4 is 0 Å². The van der Waals surface area contributed by atoms with Gasteiger partial charge in [0.25, 0.3) is 0 Å². The molecule has 0 saturated carbocycles. The predicted molar refractivity (Wildman–Crippen MR) is 134 cm³/mol. The quantitative estimate of drug-likeness (QED) is 0.314. The standard InChI is InChI=1S/C28H30N2O4/c1-6-22-27(20-12-14-23(31-2)25(16-20)33-4)29-30(18-19-10-8-7-9-11-19)28(22)21-13-15-24(32-3)26(17-21)34-5/h7-17H,6,18H2,1-5H3. The fourth-order valence-corrected chi connectivity index (χ4v) is 4.23. The van der Waals surface area contributed by atoms with E-state index < -0.39 is 0 Å². The van der Waals surface area contributed by atoms with E-state index in [4.69, 9.17) is 24.0 Å². The molecule has 0 N–H and O–H groups in total. The number of hydrogen-bond donors (Lipinski definition) is 0. The highest BCUT2D eigenvalue weighted by Gasteiger charge is 2.22. The summed E-state index contributed by atoms with van der Waals surface area (Å²) in [6.45, 7) is 2.79. The summed E-state index contributed by atoms with van der Waals surface area (Å²) in [5.74, 6) is 2.74. The van der Waals surface area contributed by atoms with Crippen LogP contribution in [0.4, 0.5) is 0 Å². The Morgan fingerprint density at radius 2 is 1.24 bits per heavy atom. The summed E-state index contributed by atoms with van der Waals surface area (Å²) in [7, 11) is 6.58. The molecule has 6 nitrogen and oxygen atoms in total. The van der Waals surface area contributed by atoms with Crippen LogP contribution in [0, 0.1) is 0 Å². The van der Waals surface area contributed by atoms with Crippen molar-refractivity contribution in [1.82, 2.24) is 9.78 Å². The number of benzene rings is 3. The maximum absolute atomic E-state index is 5.59. The molecule has 0 bridgehead atoms. The van der Waals surface area contributed by atoms with Crippen LogP contribution in [-0.4, -0.2) is 38.2 Å². The molecule has 4 rings (SSSR count). The minimum absolute atomic E-state index is 0.644. The van der Waals surface area contributed by atoms with Crippen molar-refractivity contribution in [3.8, 4) is 45.5 Å². The molecule has 0 aliphatic heterocycles. The van der Waals surface area contributed by atoms with Crippen LogP contribution in [-0.2, 0) is 13.0 Å². The van der Waals surface area contributed by atoms with Gasteiger partial charge in [0.05, 0.1) is 46.4 Å². The number of hydrogen-bond acceptors (Lipinski definition) is 5. The highest BCUT2D eigenvalue weighted by atomic mass is 16.5. The van der Waals surface area contributed by atoms with Gasteiger partial charge in [-0.05, 0) is 48.4 Å². The third-order valence-electron chi connectivity index (χ3n) is 5.89. The van der Waals surface area contributed by atoms with E-state index in [9.17, 15) is 0 Å². The Hall–Kier alpha value is -3.93. The highest BCUT2D eigenvalue weighted by molar-refractivity contribution is 5.77.